The van der Waals surface area contributed by atoms with Crippen molar-refractivity contribution in [3.05, 3.63) is 111 Å². The molecule has 0 saturated heterocycles. The lowest BCUT2D eigenvalue weighted by molar-refractivity contribution is -0.122. The Hall–Kier alpha value is -4.28. The second-order valence-electron chi connectivity index (χ2n) is 8.40. The van der Waals surface area contributed by atoms with Gasteiger partial charge in [-0.05, 0) is 59.4 Å². The Kier molecular flexibility index (Phi) is 8.04. The first kappa shape index (κ1) is 26.8. The molecule has 0 fully saturated rings. The molecule has 5 N–H and O–H groups in total. The number of halogens is 2. The lowest BCUT2D eigenvalue weighted by atomic mass is 10.0. The maximum Gasteiger partial charge on any atom is 0.273 e. The van der Waals surface area contributed by atoms with E-state index in [0.29, 0.717) is 22.1 Å². The number of rotatable bonds is 8. The van der Waals surface area contributed by atoms with Gasteiger partial charge in [-0.1, -0.05) is 60.1 Å². The third-order valence-corrected chi connectivity index (χ3v) is 7.07. The van der Waals surface area contributed by atoms with Gasteiger partial charge in [-0.3, -0.25) is 19.3 Å². The van der Waals surface area contributed by atoms with Gasteiger partial charge in [-0.2, -0.15) is 4.37 Å². The Morgan fingerprint density at radius 2 is 1.76 bits per heavy atom. The Labute approximate surface area is 227 Å². The van der Waals surface area contributed by atoms with E-state index in [9.17, 15) is 18.8 Å². The summed E-state index contributed by atoms with van der Waals surface area (Å²) in [7, 11) is 0. The Morgan fingerprint density at radius 3 is 2.37 bits per heavy atom. The standard InChI is InChI=1S/C27H23ClFN5O3S/c1-15-7-12-19(13-20(15)28)34(27(37)24-21(30)22(25(31)35)33-38-24)23(17-8-10-18(29)11-9-17)26(36)32-14-16-5-3-2-4-6-16/h2-13,23H,14,30H2,1H3,(H2,31,35)(H,32,36)/t23-/m1/s1. The molecule has 11 heteroatoms. The fourth-order valence-electron chi connectivity index (χ4n) is 3.80. The molecular weight excluding hydrogens is 529 g/mol. The molecule has 3 aromatic carbocycles. The Balaban J connectivity index is 1.85. The van der Waals surface area contributed by atoms with Crippen LogP contribution in [0.4, 0.5) is 15.8 Å². The number of amides is 3. The highest BCUT2D eigenvalue weighted by atomic mass is 35.5. The van der Waals surface area contributed by atoms with Crippen LogP contribution in [0.1, 0.15) is 42.9 Å². The minimum Gasteiger partial charge on any atom is -0.395 e. The van der Waals surface area contributed by atoms with Crippen LogP contribution >= 0.6 is 23.1 Å². The van der Waals surface area contributed by atoms with E-state index in [-0.39, 0.29) is 28.5 Å². The summed E-state index contributed by atoms with van der Waals surface area (Å²) in [6.45, 7) is 1.98. The van der Waals surface area contributed by atoms with E-state index in [0.717, 1.165) is 11.1 Å². The van der Waals surface area contributed by atoms with Crippen molar-refractivity contribution < 1.29 is 18.8 Å². The van der Waals surface area contributed by atoms with Crippen molar-refractivity contribution in [2.45, 2.75) is 19.5 Å². The monoisotopic (exact) mass is 551 g/mol. The molecule has 1 atom stereocenters. The number of benzene rings is 3. The van der Waals surface area contributed by atoms with Crippen molar-refractivity contribution >= 4 is 52.2 Å². The van der Waals surface area contributed by atoms with E-state index in [1.54, 1.807) is 25.1 Å². The summed E-state index contributed by atoms with van der Waals surface area (Å²) in [5, 5.41) is 3.21. The van der Waals surface area contributed by atoms with E-state index in [1.165, 1.54) is 29.2 Å². The zero-order chi connectivity index (χ0) is 27.4. The van der Waals surface area contributed by atoms with E-state index in [1.807, 2.05) is 30.3 Å². The van der Waals surface area contributed by atoms with Gasteiger partial charge in [0, 0.05) is 17.3 Å². The van der Waals surface area contributed by atoms with Crippen LogP contribution in [0, 0.1) is 12.7 Å². The number of nitrogens with zero attached hydrogens (tertiary/aromatic N) is 2. The number of primary amides is 1. The van der Waals surface area contributed by atoms with Gasteiger partial charge in [-0.15, -0.1) is 0 Å². The van der Waals surface area contributed by atoms with Gasteiger partial charge >= 0.3 is 0 Å². The third-order valence-electron chi connectivity index (χ3n) is 5.81. The first-order valence-corrected chi connectivity index (χ1v) is 12.5. The molecule has 0 aliphatic carbocycles. The van der Waals surface area contributed by atoms with Crippen LogP contribution in [0.25, 0.3) is 0 Å². The maximum atomic E-state index is 14.0. The summed E-state index contributed by atoms with van der Waals surface area (Å²) >= 11 is 7.08. The average Bonchev–Trinajstić information content (AvgIpc) is 3.30. The average molecular weight is 552 g/mol. The predicted octanol–water partition coefficient (Wildman–Crippen LogP) is 4.63. The highest BCUT2D eigenvalue weighted by Crippen LogP contribution is 2.35. The number of carbonyl (C=O) groups excluding carboxylic acids is 3. The number of hydrogen-bond acceptors (Lipinski definition) is 6. The molecule has 0 bridgehead atoms. The number of hydrogen-bond donors (Lipinski definition) is 3. The molecule has 4 rings (SSSR count). The van der Waals surface area contributed by atoms with Crippen molar-refractivity contribution in [3.63, 3.8) is 0 Å². The fraction of sp³-hybridized carbons (Fsp3) is 0.111. The zero-order valence-corrected chi connectivity index (χ0v) is 21.7. The molecule has 3 amide bonds. The van der Waals surface area contributed by atoms with Gasteiger partial charge < -0.3 is 16.8 Å². The van der Waals surface area contributed by atoms with Crippen molar-refractivity contribution in [1.29, 1.82) is 0 Å². The number of nitrogens with one attached hydrogen (secondary N) is 1. The number of carbonyl (C=O) groups is 3. The van der Waals surface area contributed by atoms with Crippen molar-refractivity contribution in [1.82, 2.24) is 9.69 Å². The first-order chi connectivity index (χ1) is 18.2. The molecule has 0 aliphatic rings. The minimum atomic E-state index is -1.26. The number of anilines is 2. The first-order valence-electron chi connectivity index (χ1n) is 11.4. The van der Waals surface area contributed by atoms with Gasteiger partial charge in [0.05, 0.1) is 5.69 Å². The quantitative estimate of drug-likeness (QED) is 0.294. The smallest absolute Gasteiger partial charge is 0.273 e. The molecule has 0 radical (unpaired) electrons. The van der Waals surface area contributed by atoms with Crippen LogP contribution in [0.15, 0.2) is 72.8 Å². The summed E-state index contributed by atoms with van der Waals surface area (Å²) < 4.78 is 17.8. The van der Waals surface area contributed by atoms with E-state index >= 15 is 0 Å². The number of aryl methyl sites for hydroxylation is 1. The molecule has 0 saturated carbocycles. The summed E-state index contributed by atoms with van der Waals surface area (Å²) in [6.07, 6.45) is 0. The lowest BCUT2D eigenvalue weighted by Gasteiger charge is -2.31. The second-order valence-corrected chi connectivity index (χ2v) is 9.58. The second kappa shape index (κ2) is 11.4. The Morgan fingerprint density at radius 1 is 1.08 bits per heavy atom. The fourth-order valence-corrected chi connectivity index (χ4v) is 4.72. The SMILES string of the molecule is Cc1ccc(N(C(=O)c2snc(C(N)=O)c2N)[C@@H](C(=O)NCc2ccccc2)c2ccc(F)cc2)cc1Cl. The highest BCUT2D eigenvalue weighted by Gasteiger charge is 2.36. The molecule has 1 aromatic heterocycles. The van der Waals surface area contributed by atoms with Gasteiger partial charge in [0.2, 0.25) is 5.91 Å². The lowest BCUT2D eigenvalue weighted by Crippen LogP contribution is -2.44. The van der Waals surface area contributed by atoms with Gasteiger partial charge in [-0.25, -0.2) is 4.39 Å². The van der Waals surface area contributed by atoms with Crippen LogP contribution in [0.5, 0.6) is 0 Å². The number of nitrogen functional groups attached to an aromatic ring is 1. The van der Waals surface area contributed by atoms with Gasteiger partial charge in [0.15, 0.2) is 5.69 Å². The molecule has 8 nitrogen and oxygen atoms in total. The summed E-state index contributed by atoms with van der Waals surface area (Å²) in [4.78, 5) is 40.6. The third kappa shape index (κ3) is 5.66. The molecule has 0 aliphatic heterocycles. The molecule has 4 aromatic rings. The Bertz CT molecular complexity index is 1490. The van der Waals surface area contributed by atoms with Crippen LogP contribution in [-0.4, -0.2) is 22.1 Å². The highest BCUT2D eigenvalue weighted by molar-refractivity contribution is 7.09. The van der Waals surface area contributed by atoms with E-state index in [4.69, 9.17) is 23.1 Å². The van der Waals surface area contributed by atoms with Crippen LogP contribution in [-0.2, 0) is 11.3 Å². The number of nitrogens with two attached hydrogens (primary N) is 2. The normalized spacial score (nSPS) is 11.6. The summed E-state index contributed by atoms with van der Waals surface area (Å²) in [5.41, 5.74) is 13.2. The molecule has 194 valence electrons. The van der Waals surface area contributed by atoms with Crippen LogP contribution in [0.3, 0.4) is 0 Å². The molecule has 1 heterocycles. The predicted molar refractivity (Wildman–Crippen MR) is 145 cm³/mol. The van der Waals surface area contributed by atoms with Gasteiger partial charge in [0.1, 0.15) is 16.7 Å². The summed E-state index contributed by atoms with van der Waals surface area (Å²) in [5.74, 6) is -2.65. The van der Waals surface area contributed by atoms with E-state index in [2.05, 4.69) is 9.69 Å². The topological polar surface area (TPSA) is 131 Å². The van der Waals surface area contributed by atoms with Crippen LogP contribution < -0.4 is 21.7 Å². The molecular formula is C27H23ClFN5O3S. The summed E-state index contributed by atoms with van der Waals surface area (Å²) in [6, 6.07) is 18.1. The number of aromatic nitrogens is 1. The van der Waals surface area contributed by atoms with Crippen molar-refractivity contribution in [2.24, 2.45) is 5.73 Å². The maximum absolute atomic E-state index is 14.0. The van der Waals surface area contributed by atoms with Crippen molar-refractivity contribution in [2.75, 3.05) is 10.6 Å². The van der Waals surface area contributed by atoms with E-state index < -0.39 is 29.6 Å². The minimum absolute atomic E-state index is 0.0848. The zero-order valence-electron chi connectivity index (χ0n) is 20.2. The van der Waals surface area contributed by atoms with Gasteiger partial charge in [0.25, 0.3) is 11.8 Å². The molecule has 0 unspecified atom stereocenters. The molecule has 0 spiro atoms. The largest absolute Gasteiger partial charge is 0.395 e. The molecule has 38 heavy (non-hydrogen) atoms. The van der Waals surface area contributed by atoms with Crippen molar-refractivity contribution in [3.8, 4) is 0 Å². The van der Waals surface area contributed by atoms with Crippen LogP contribution in [0.2, 0.25) is 5.02 Å².